The van der Waals surface area contributed by atoms with Crippen molar-refractivity contribution in [1.82, 2.24) is 14.4 Å². The van der Waals surface area contributed by atoms with E-state index in [1.54, 1.807) is 18.5 Å². The van der Waals surface area contributed by atoms with Crippen molar-refractivity contribution in [3.8, 4) is 34.0 Å². The lowest BCUT2D eigenvalue weighted by molar-refractivity contribution is 0.174. The molecule has 0 atom stereocenters. The number of nitrogens with zero attached hydrogens (tertiary/aromatic N) is 3. The number of aromatic nitrogens is 3. The molecule has 2 aromatic carbocycles. The van der Waals surface area contributed by atoms with E-state index in [-0.39, 0.29) is 12.6 Å². The van der Waals surface area contributed by atoms with E-state index in [0.29, 0.717) is 22.7 Å². The van der Waals surface area contributed by atoms with Gasteiger partial charge in [-0.05, 0) is 30.3 Å². The molecular weight excluding hydrogens is 321 g/mol. The molecule has 122 valence electrons. The molecule has 4 aromatic rings. The molecule has 0 N–H and O–H groups in total. The van der Waals surface area contributed by atoms with Gasteiger partial charge in [-0.2, -0.15) is 0 Å². The lowest BCUT2D eigenvalue weighted by atomic mass is 10.1. The van der Waals surface area contributed by atoms with Crippen molar-refractivity contribution in [2.75, 3.05) is 6.79 Å². The number of fused-ring (bicyclic) bond motifs is 2. The normalized spacial score (nSPS) is 12.7. The van der Waals surface area contributed by atoms with E-state index in [4.69, 9.17) is 9.47 Å². The predicted octanol–water partition coefficient (Wildman–Crippen LogP) is 3.93. The number of rotatable bonds is 2. The van der Waals surface area contributed by atoms with E-state index in [0.717, 1.165) is 17.0 Å². The molecule has 1 aliphatic heterocycles. The molecule has 0 saturated heterocycles. The zero-order chi connectivity index (χ0) is 16.8. The maximum absolute atomic E-state index is 13.5. The Morgan fingerprint density at radius 3 is 2.76 bits per heavy atom. The third-order valence-corrected chi connectivity index (χ3v) is 4.18. The number of hydrogen-bond acceptors (Lipinski definition) is 4. The summed E-state index contributed by atoms with van der Waals surface area (Å²) in [4.78, 5) is 8.78. The van der Waals surface area contributed by atoms with Crippen LogP contribution in [0, 0.1) is 5.82 Å². The molecule has 0 spiro atoms. The molecule has 6 heteroatoms. The predicted molar refractivity (Wildman–Crippen MR) is 89.9 cm³/mol. The molecule has 0 fully saturated rings. The summed E-state index contributed by atoms with van der Waals surface area (Å²) in [5, 5.41) is 0. The van der Waals surface area contributed by atoms with Gasteiger partial charge in [0.25, 0.3) is 0 Å². The average molecular weight is 333 g/mol. The summed E-state index contributed by atoms with van der Waals surface area (Å²) >= 11 is 0. The quantitative estimate of drug-likeness (QED) is 0.558. The van der Waals surface area contributed by atoms with Crippen molar-refractivity contribution in [3.05, 3.63) is 66.9 Å². The Balaban J connectivity index is 1.66. The molecule has 0 amide bonds. The molecule has 0 aliphatic carbocycles. The summed E-state index contributed by atoms with van der Waals surface area (Å²) in [6, 6.07) is 12.1. The van der Waals surface area contributed by atoms with E-state index < -0.39 is 0 Å². The minimum atomic E-state index is -0.291. The fraction of sp³-hybridized carbons (Fsp3) is 0.0526. The first kappa shape index (κ1) is 14.0. The van der Waals surface area contributed by atoms with E-state index >= 15 is 0 Å². The minimum absolute atomic E-state index is 0.236. The molecule has 0 radical (unpaired) electrons. The van der Waals surface area contributed by atoms with E-state index in [9.17, 15) is 4.39 Å². The monoisotopic (exact) mass is 333 g/mol. The smallest absolute Gasteiger partial charge is 0.231 e. The Labute approximate surface area is 142 Å². The number of imidazole rings is 1. The number of benzene rings is 2. The highest BCUT2D eigenvalue weighted by atomic mass is 19.1. The van der Waals surface area contributed by atoms with Gasteiger partial charge >= 0.3 is 0 Å². The second-order valence-corrected chi connectivity index (χ2v) is 5.72. The standard InChI is InChI=1S/C19H12FN3O2/c20-14-3-1-2-12(6-14)15-10-23-16(8-22-19(23)9-21-15)13-4-5-17-18(7-13)25-11-24-17/h1-10H,11H2. The summed E-state index contributed by atoms with van der Waals surface area (Å²) in [6.45, 7) is 0.236. The van der Waals surface area contributed by atoms with Gasteiger partial charge in [0.15, 0.2) is 17.1 Å². The summed E-state index contributed by atoms with van der Waals surface area (Å²) < 4.78 is 26.2. The Hall–Kier alpha value is -3.41. The lowest BCUT2D eigenvalue weighted by Gasteiger charge is -2.06. The van der Waals surface area contributed by atoms with Gasteiger partial charge < -0.3 is 9.47 Å². The molecule has 0 bridgehead atoms. The van der Waals surface area contributed by atoms with Crippen LogP contribution in [0.2, 0.25) is 0 Å². The van der Waals surface area contributed by atoms with Crippen molar-refractivity contribution in [2.45, 2.75) is 0 Å². The Morgan fingerprint density at radius 1 is 0.920 bits per heavy atom. The van der Waals surface area contributed by atoms with Crippen molar-refractivity contribution >= 4 is 5.65 Å². The fourth-order valence-electron chi connectivity index (χ4n) is 2.96. The van der Waals surface area contributed by atoms with Gasteiger partial charge in [-0.1, -0.05) is 12.1 Å². The van der Waals surface area contributed by atoms with Crippen LogP contribution >= 0.6 is 0 Å². The summed E-state index contributed by atoms with van der Waals surface area (Å²) in [6.07, 6.45) is 5.32. The Kier molecular flexibility index (Phi) is 2.97. The third kappa shape index (κ3) is 2.30. The molecule has 3 heterocycles. The topological polar surface area (TPSA) is 48.7 Å². The van der Waals surface area contributed by atoms with Crippen molar-refractivity contribution in [3.63, 3.8) is 0 Å². The third-order valence-electron chi connectivity index (χ3n) is 4.18. The van der Waals surface area contributed by atoms with Crippen LogP contribution in [-0.4, -0.2) is 21.2 Å². The van der Waals surface area contributed by atoms with Gasteiger partial charge in [0.05, 0.1) is 23.8 Å². The molecule has 5 rings (SSSR count). The first-order valence-corrected chi connectivity index (χ1v) is 7.77. The van der Waals surface area contributed by atoms with Gasteiger partial charge in [0.2, 0.25) is 6.79 Å². The first-order valence-electron chi connectivity index (χ1n) is 7.77. The second-order valence-electron chi connectivity index (χ2n) is 5.72. The molecule has 0 unspecified atom stereocenters. The first-order chi connectivity index (χ1) is 12.3. The van der Waals surface area contributed by atoms with Gasteiger partial charge in [-0.3, -0.25) is 9.38 Å². The highest BCUT2D eigenvalue weighted by molar-refractivity contribution is 5.69. The van der Waals surface area contributed by atoms with E-state index in [2.05, 4.69) is 9.97 Å². The summed E-state index contributed by atoms with van der Waals surface area (Å²) in [7, 11) is 0. The highest BCUT2D eigenvalue weighted by Gasteiger charge is 2.16. The Bertz CT molecular complexity index is 1110. The van der Waals surface area contributed by atoms with E-state index in [1.807, 2.05) is 34.9 Å². The summed E-state index contributed by atoms with van der Waals surface area (Å²) in [5.74, 6) is 1.16. The van der Waals surface area contributed by atoms with Crippen LogP contribution in [0.5, 0.6) is 11.5 Å². The van der Waals surface area contributed by atoms with Crippen molar-refractivity contribution in [1.29, 1.82) is 0 Å². The molecule has 1 aliphatic rings. The maximum atomic E-state index is 13.5. The average Bonchev–Trinajstić information content (AvgIpc) is 3.27. The molecule has 5 nitrogen and oxygen atoms in total. The number of ether oxygens (including phenoxy) is 2. The molecule has 0 saturated carbocycles. The number of hydrogen-bond donors (Lipinski definition) is 0. The molecular formula is C19H12FN3O2. The van der Waals surface area contributed by atoms with Crippen molar-refractivity contribution < 1.29 is 13.9 Å². The van der Waals surface area contributed by atoms with Crippen LogP contribution in [-0.2, 0) is 0 Å². The van der Waals surface area contributed by atoms with Gasteiger partial charge in [-0.25, -0.2) is 9.37 Å². The van der Waals surface area contributed by atoms with Gasteiger partial charge in [-0.15, -0.1) is 0 Å². The van der Waals surface area contributed by atoms with Crippen LogP contribution in [0.15, 0.2) is 61.1 Å². The van der Waals surface area contributed by atoms with Crippen LogP contribution in [0.1, 0.15) is 0 Å². The fourth-order valence-corrected chi connectivity index (χ4v) is 2.96. The van der Waals surface area contributed by atoms with Crippen LogP contribution < -0.4 is 9.47 Å². The zero-order valence-corrected chi connectivity index (χ0v) is 13.0. The minimum Gasteiger partial charge on any atom is -0.454 e. The SMILES string of the molecule is Fc1cccc(-c2cn3c(-c4ccc5c(c4)OCO5)cnc3cn2)c1. The van der Waals surface area contributed by atoms with Crippen molar-refractivity contribution in [2.24, 2.45) is 0 Å². The Morgan fingerprint density at radius 2 is 1.84 bits per heavy atom. The largest absolute Gasteiger partial charge is 0.454 e. The van der Waals surface area contributed by atoms with E-state index in [1.165, 1.54) is 12.1 Å². The second kappa shape index (κ2) is 5.31. The molecule has 2 aromatic heterocycles. The summed E-state index contributed by atoms with van der Waals surface area (Å²) in [5.41, 5.74) is 3.95. The van der Waals surface area contributed by atoms with Crippen LogP contribution in [0.4, 0.5) is 4.39 Å². The van der Waals surface area contributed by atoms with Gasteiger partial charge in [0.1, 0.15) is 5.82 Å². The zero-order valence-electron chi connectivity index (χ0n) is 13.0. The number of halogens is 1. The lowest BCUT2D eigenvalue weighted by Crippen LogP contribution is -1.93. The van der Waals surface area contributed by atoms with Gasteiger partial charge in [0, 0.05) is 17.3 Å². The van der Waals surface area contributed by atoms with Crippen LogP contribution in [0.25, 0.3) is 28.2 Å². The molecule has 25 heavy (non-hydrogen) atoms. The highest BCUT2D eigenvalue weighted by Crippen LogP contribution is 2.36. The van der Waals surface area contributed by atoms with Crippen LogP contribution in [0.3, 0.4) is 0 Å². The maximum Gasteiger partial charge on any atom is 0.231 e.